The summed E-state index contributed by atoms with van der Waals surface area (Å²) in [5.41, 5.74) is 7.99. The minimum atomic E-state index is 0.629. The minimum absolute atomic E-state index is 0.629. The van der Waals surface area contributed by atoms with Gasteiger partial charge in [0.25, 0.3) is 0 Å². The van der Waals surface area contributed by atoms with E-state index in [-0.39, 0.29) is 0 Å². The molecule has 0 saturated heterocycles. The van der Waals surface area contributed by atoms with E-state index in [1.807, 2.05) is 17.8 Å². The van der Waals surface area contributed by atoms with Crippen LogP contribution in [-0.4, -0.2) is 14.5 Å². The summed E-state index contributed by atoms with van der Waals surface area (Å²) in [5.74, 6) is 0.629. The SMILES string of the molecule is Cn1cncc1-c1nc(C2CCCC2)sc1N. The molecule has 5 heteroatoms. The Hall–Kier alpha value is -1.36. The third-order valence-electron chi connectivity index (χ3n) is 3.43. The van der Waals surface area contributed by atoms with Crippen molar-refractivity contribution in [3.8, 4) is 11.4 Å². The van der Waals surface area contributed by atoms with Crippen LogP contribution >= 0.6 is 11.3 Å². The zero-order chi connectivity index (χ0) is 11.8. The molecule has 1 aliphatic rings. The van der Waals surface area contributed by atoms with Crippen molar-refractivity contribution in [1.82, 2.24) is 14.5 Å². The molecule has 0 radical (unpaired) electrons. The number of imidazole rings is 1. The van der Waals surface area contributed by atoms with Crippen molar-refractivity contribution in [3.05, 3.63) is 17.5 Å². The predicted octanol–water partition coefficient (Wildman–Crippen LogP) is 2.78. The van der Waals surface area contributed by atoms with Crippen molar-refractivity contribution in [1.29, 1.82) is 0 Å². The van der Waals surface area contributed by atoms with Crippen LogP contribution in [0.25, 0.3) is 11.4 Å². The highest BCUT2D eigenvalue weighted by atomic mass is 32.1. The lowest BCUT2D eigenvalue weighted by atomic mass is 10.1. The molecule has 0 aliphatic heterocycles. The third kappa shape index (κ3) is 1.84. The summed E-state index contributed by atoms with van der Waals surface area (Å²) in [4.78, 5) is 8.85. The summed E-state index contributed by atoms with van der Waals surface area (Å²) in [5, 5.41) is 2.02. The summed E-state index contributed by atoms with van der Waals surface area (Å²) < 4.78 is 1.96. The molecule has 0 unspecified atom stereocenters. The summed E-state index contributed by atoms with van der Waals surface area (Å²) in [7, 11) is 1.97. The van der Waals surface area contributed by atoms with Gasteiger partial charge in [0.2, 0.25) is 0 Å². The average molecular weight is 248 g/mol. The Labute approximate surface area is 105 Å². The van der Waals surface area contributed by atoms with E-state index in [9.17, 15) is 0 Å². The minimum Gasteiger partial charge on any atom is -0.389 e. The molecule has 2 aromatic rings. The van der Waals surface area contributed by atoms with Gasteiger partial charge in [-0.1, -0.05) is 12.8 Å². The van der Waals surface area contributed by atoms with Crippen molar-refractivity contribution in [2.75, 3.05) is 5.73 Å². The molecule has 17 heavy (non-hydrogen) atoms. The third-order valence-corrected chi connectivity index (χ3v) is 4.48. The second kappa shape index (κ2) is 4.14. The molecule has 1 saturated carbocycles. The van der Waals surface area contributed by atoms with Crippen molar-refractivity contribution in [2.24, 2.45) is 7.05 Å². The molecular weight excluding hydrogens is 232 g/mol. The molecule has 0 aromatic carbocycles. The number of anilines is 1. The lowest BCUT2D eigenvalue weighted by molar-refractivity contribution is 0.716. The van der Waals surface area contributed by atoms with E-state index in [1.54, 1.807) is 17.7 Å². The van der Waals surface area contributed by atoms with E-state index < -0.39 is 0 Å². The smallest absolute Gasteiger partial charge is 0.123 e. The maximum Gasteiger partial charge on any atom is 0.123 e. The van der Waals surface area contributed by atoms with Gasteiger partial charge in [-0.2, -0.15) is 0 Å². The molecule has 2 N–H and O–H groups in total. The first-order valence-electron chi connectivity index (χ1n) is 5.98. The fourth-order valence-corrected chi connectivity index (χ4v) is 3.48. The zero-order valence-corrected chi connectivity index (χ0v) is 10.7. The number of thiazole rings is 1. The largest absolute Gasteiger partial charge is 0.389 e. The molecule has 0 amide bonds. The Morgan fingerprint density at radius 3 is 2.82 bits per heavy atom. The Morgan fingerprint density at radius 2 is 2.18 bits per heavy atom. The number of aryl methyl sites for hydroxylation is 1. The van der Waals surface area contributed by atoms with Gasteiger partial charge in [0.1, 0.15) is 10.7 Å². The van der Waals surface area contributed by atoms with Crippen LogP contribution in [0.1, 0.15) is 36.6 Å². The van der Waals surface area contributed by atoms with Gasteiger partial charge in [-0.15, -0.1) is 11.3 Å². The topological polar surface area (TPSA) is 56.7 Å². The first-order chi connectivity index (χ1) is 8.25. The van der Waals surface area contributed by atoms with E-state index in [0.717, 1.165) is 16.4 Å². The predicted molar refractivity (Wildman–Crippen MR) is 69.9 cm³/mol. The van der Waals surface area contributed by atoms with Crippen molar-refractivity contribution >= 4 is 16.3 Å². The van der Waals surface area contributed by atoms with Gasteiger partial charge in [-0.3, -0.25) is 0 Å². The molecule has 0 atom stereocenters. The molecule has 0 spiro atoms. The monoisotopic (exact) mass is 248 g/mol. The van der Waals surface area contributed by atoms with Crippen LogP contribution in [0, 0.1) is 0 Å². The van der Waals surface area contributed by atoms with Crippen molar-refractivity contribution < 1.29 is 0 Å². The number of aromatic nitrogens is 3. The van der Waals surface area contributed by atoms with Gasteiger partial charge in [0, 0.05) is 13.0 Å². The number of hydrogen-bond acceptors (Lipinski definition) is 4. The summed E-state index contributed by atoms with van der Waals surface area (Å²) in [6.45, 7) is 0. The first-order valence-corrected chi connectivity index (χ1v) is 6.80. The number of rotatable bonds is 2. The van der Waals surface area contributed by atoms with E-state index in [0.29, 0.717) is 5.92 Å². The van der Waals surface area contributed by atoms with Gasteiger partial charge in [0.05, 0.1) is 23.2 Å². The van der Waals surface area contributed by atoms with Gasteiger partial charge < -0.3 is 10.3 Å². The number of hydrogen-bond donors (Lipinski definition) is 1. The maximum atomic E-state index is 6.08. The summed E-state index contributed by atoms with van der Waals surface area (Å²) in [6, 6.07) is 0. The highest BCUT2D eigenvalue weighted by Crippen LogP contribution is 2.40. The van der Waals surface area contributed by atoms with Crippen LogP contribution in [0.3, 0.4) is 0 Å². The molecule has 3 rings (SSSR count). The molecule has 1 aliphatic carbocycles. The molecule has 2 heterocycles. The zero-order valence-electron chi connectivity index (χ0n) is 9.89. The first kappa shape index (κ1) is 10.8. The van der Waals surface area contributed by atoms with Crippen LogP contribution in [-0.2, 0) is 7.05 Å². The van der Waals surface area contributed by atoms with E-state index in [4.69, 9.17) is 10.7 Å². The maximum absolute atomic E-state index is 6.08. The highest BCUT2D eigenvalue weighted by molar-refractivity contribution is 7.16. The van der Waals surface area contributed by atoms with E-state index >= 15 is 0 Å². The lowest BCUT2D eigenvalue weighted by Gasteiger charge is -2.02. The molecule has 1 fully saturated rings. The second-order valence-corrected chi connectivity index (χ2v) is 5.70. The average Bonchev–Trinajstić information content (AvgIpc) is 2.98. The quantitative estimate of drug-likeness (QED) is 0.889. The Kier molecular flexibility index (Phi) is 2.63. The van der Waals surface area contributed by atoms with Crippen molar-refractivity contribution in [3.63, 3.8) is 0 Å². The molecule has 4 nitrogen and oxygen atoms in total. The highest BCUT2D eigenvalue weighted by Gasteiger charge is 2.23. The number of nitrogens with two attached hydrogens (primary N) is 1. The Bertz CT molecular complexity index is 522. The van der Waals surface area contributed by atoms with Gasteiger partial charge in [-0.05, 0) is 12.8 Å². The van der Waals surface area contributed by atoms with Crippen LogP contribution in [0.15, 0.2) is 12.5 Å². The number of nitrogens with zero attached hydrogens (tertiary/aromatic N) is 3. The van der Waals surface area contributed by atoms with Crippen LogP contribution in [0.4, 0.5) is 5.00 Å². The number of nitrogen functional groups attached to an aromatic ring is 1. The fraction of sp³-hybridized carbons (Fsp3) is 0.500. The van der Waals surface area contributed by atoms with Crippen molar-refractivity contribution in [2.45, 2.75) is 31.6 Å². The summed E-state index contributed by atoms with van der Waals surface area (Å²) in [6.07, 6.45) is 8.78. The fourth-order valence-electron chi connectivity index (χ4n) is 2.47. The molecular formula is C12H16N4S. The molecule has 2 aromatic heterocycles. The Morgan fingerprint density at radius 1 is 1.41 bits per heavy atom. The van der Waals surface area contributed by atoms with Crippen LogP contribution in [0.2, 0.25) is 0 Å². The lowest BCUT2D eigenvalue weighted by Crippen LogP contribution is -1.94. The van der Waals surface area contributed by atoms with Gasteiger partial charge in [-0.25, -0.2) is 9.97 Å². The standard InChI is InChI=1S/C12H16N4S/c1-16-7-14-6-9(16)10-11(13)17-12(15-10)8-4-2-3-5-8/h6-8H,2-5,13H2,1H3. The summed E-state index contributed by atoms with van der Waals surface area (Å²) >= 11 is 1.64. The van der Waals surface area contributed by atoms with E-state index in [2.05, 4.69) is 4.98 Å². The Balaban J connectivity index is 1.98. The van der Waals surface area contributed by atoms with Gasteiger partial charge in [0.15, 0.2) is 0 Å². The van der Waals surface area contributed by atoms with Gasteiger partial charge >= 0.3 is 0 Å². The normalized spacial score (nSPS) is 16.8. The molecule has 0 bridgehead atoms. The second-order valence-electron chi connectivity index (χ2n) is 4.64. The van der Waals surface area contributed by atoms with E-state index in [1.165, 1.54) is 30.7 Å². The van der Waals surface area contributed by atoms with Crippen LogP contribution in [0.5, 0.6) is 0 Å². The molecule has 90 valence electrons. The van der Waals surface area contributed by atoms with Crippen LogP contribution < -0.4 is 5.73 Å².